The number of cyclic esters (lactones) is 1. The first-order valence-corrected chi connectivity index (χ1v) is 9.09. The predicted octanol–water partition coefficient (Wildman–Crippen LogP) is 2.10. The van der Waals surface area contributed by atoms with Crippen LogP contribution >= 0.6 is 0 Å². The van der Waals surface area contributed by atoms with E-state index in [0.717, 1.165) is 5.69 Å². The van der Waals surface area contributed by atoms with Gasteiger partial charge >= 0.3 is 12.2 Å². The van der Waals surface area contributed by atoms with E-state index < -0.39 is 29.9 Å². The lowest BCUT2D eigenvalue weighted by atomic mass is 9.85. The standard InChI is InChI=1S/C19H25N3O6/c1-19(2,3)15-16(27-17(24)20-4)28-18(25)22(15)13-7-5-12(6-8-13)21-9-10-26-11-14(21)23/h5-8,15-16H,9-11H2,1-4H3,(H,20,24)/t15?,16-/m0/s1. The largest absolute Gasteiger partial charge is 0.418 e. The molecule has 0 aliphatic carbocycles. The number of anilines is 2. The summed E-state index contributed by atoms with van der Waals surface area (Å²) < 4.78 is 15.7. The van der Waals surface area contributed by atoms with Crippen molar-refractivity contribution < 1.29 is 28.6 Å². The lowest BCUT2D eigenvalue weighted by molar-refractivity contribution is -0.125. The van der Waals surface area contributed by atoms with Gasteiger partial charge in [-0.15, -0.1) is 0 Å². The van der Waals surface area contributed by atoms with Gasteiger partial charge in [0.05, 0.1) is 6.61 Å². The van der Waals surface area contributed by atoms with Gasteiger partial charge in [-0.25, -0.2) is 9.59 Å². The summed E-state index contributed by atoms with van der Waals surface area (Å²) in [7, 11) is 1.44. The van der Waals surface area contributed by atoms with Crippen LogP contribution in [0.15, 0.2) is 24.3 Å². The molecule has 1 aromatic rings. The van der Waals surface area contributed by atoms with Gasteiger partial charge in [0.2, 0.25) is 0 Å². The van der Waals surface area contributed by atoms with E-state index in [9.17, 15) is 14.4 Å². The van der Waals surface area contributed by atoms with Gasteiger partial charge in [0.15, 0.2) is 0 Å². The summed E-state index contributed by atoms with van der Waals surface area (Å²) in [5.74, 6) is -0.105. The van der Waals surface area contributed by atoms with Crippen LogP contribution in [0.4, 0.5) is 21.0 Å². The van der Waals surface area contributed by atoms with Crippen molar-refractivity contribution in [2.75, 3.05) is 36.6 Å². The van der Waals surface area contributed by atoms with Crippen LogP contribution in [0.2, 0.25) is 0 Å². The fourth-order valence-corrected chi connectivity index (χ4v) is 3.35. The van der Waals surface area contributed by atoms with Crippen LogP contribution < -0.4 is 15.1 Å². The average molecular weight is 391 g/mol. The third-order valence-corrected chi connectivity index (χ3v) is 4.69. The number of carbonyl (C=O) groups excluding carboxylic acids is 3. The SMILES string of the molecule is CNC(=O)O[C@H]1OC(=O)N(c2ccc(N3CCOCC3=O)cc2)C1C(C)(C)C. The molecule has 0 radical (unpaired) electrons. The maximum atomic E-state index is 12.6. The zero-order chi connectivity index (χ0) is 20.5. The Kier molecular flexibility index (Phi) is 5.46. The van der Waals surface area contributed by atoms with Crippen molar-refractivity contribution in [1.29, 1.82) is 0 Å². The number of nitrogens with one attached hydrogen (secondary N) is 1. The van der Waals surface area contributed by atoms with Crippen LogP contribution in [0.1, 0.15) is 20.8 Å². The number of amides is 3. The fourth-order valence-electron chi connectivity index (χ4n) is 3.35. The van der Waals surface area contributed by atoms with Crippen molar-refractivity contribution in [2.24, 2.45) is 5.41 Å². The number of rotatable bonds is 3. The van der Waals surface area contributed by atoms with Crippen molar-refractivity contribution in [3.05, 3.63) is 24.3 Å². The Morgan fingerprint density at radius 2 is 1.82 bits per heavy atom. The van der Waals surface area contributed by atoms with Crippen molar-refractivity contribution >= 4 is 29.5 Å². The van der Waals surface area contributed by atoms with Crippen LogP contribution in [-0.2, 0) is 19.0 Å². The summed E-state index contributed by atoms with van der Waals surface area (Å²) in [6, 6.07) is 6.53. The minimum Gasteiger partial charge on any atom is -0.407 e. The van der Waals surface area contributed by atoms with E-state index in [1.807, 2.05) is 20.8 Å². The molecular weight excluding hydrogens is 366 g/mol. The molecule has 2 aliphatic rings. The van der Waals surface area contributed by atoms with Crippen molar-refractivity contribution in [2.45, 2.75) is 33.1 Å². The molecule has 3 amide bonds. The summed E-state index contributed by atoms with van der Waals surface area (Å²) in [6.07, 6.45) is -2.30. The lowest BCUT2D eigenvalue weighted by Crippen LogP contribution is -2.48. The third-order valence-electron chi connectivity index (χ3n) is 4.69. The zero-order valence-electron chi connectivity index (χ0n) is 16.4. The number of ether oxygens (including phenoxy) is 3. The molecule has 2 heterocycles. The van der Waals surface area contributed by atoms with Gasteiger partial charge in [0.25, 0.3) is 12.2 Å². The first-order chi connectivity index (χ1) is 13.2. The number of nitrogens with zero attached hydrogens (tertiary/aromatic N) is 2. The first-order valence-electron chi connectivity index (χ1n) is 9.09. The van der Waals surface area contributed by atoms with E-state index in [1.54, 1.807) is 29.2 Å². The van der Waals surface area contributed by atoms with Gasteiger partial charge in [-0.1, -0.05) is 20.8 Å². The minimum atomic E-state index is -1.03. The molecule has 2 saturated heterocycles. The van der Waals surface area contributed by atoms with E-state index >= 15 is 0 Å². The first kappa shape index (κ1) is 19.9. The minimum absolute atomic E-state index is 0.0603. The highest BCUT2D eigenvalue weighted by atomic mass is 16.7. The molecule has 0 spiro atoms. The van der Waals surface area contributed by atoms with Gasteiger partial charge in [-0.2, -0.15) is 0 Å². The van der Waals surface area contributed by atoms with Gasteiger partial charge in [0, 0.05) is 25.0 Å². The molecule has 1 N–H and O–H groups in total. The second-order valence-electron chi connectivity index (χ2n) is 7.70. The molecule has 1 unspecified atom stereocenters. The third kappa shape index (κ3) is 3.89. The maximum Gasteiger partial charge on any atom is 0.418 e. The molecule has 0 bridgehead atoms. The Bertz CT molecular complexity index is 758. The number of hydrogen-bond acceptors (Lipinski definition) is 6. The highest BCUT2D eigenvalue weighted by Gasteiger charge is 2.50. The van der Waals surface area contributed by atoms with E-state index in [0.29, 0.717) is 18.8 Å². The van der Waals surface area contributed by atoms with Crippen LogP contribution in [-0.4, -0.2) is 57.2 Å². The molecule has 3 rings (SSSR count). The number of morpholine rings is 1. The van der Waals surface area contributed by atoms with Crippen LogP contribution in [0.25, 0.3) is 0 Å². The fraction of sp³-hybridized carbons (Fsp3) is 0.526. The Morgan fingerprint density at radius 3 is 2.39 bits per heavy atom. The summed E-state index contributed by atoms with van der Waals surface area (Å²) in [4.78, 5) is 39.4. The number of carbonyl (C=O) groups is 3. The summed E-state index contributed by atoms with van der Waals surface area (Å²) in [5.41, 5.74) is 0.899. The number of benzene rings is 1. The number of hydrogen-bond donors (Lipinski definition) is 1. The van der Waals surface area contributed by atoms with E-state index in [4.69, 9.17) is 14.2 Å². The lowest BCUT2D eigenvalue weighted by Gasteiger charge is -2.34. The predicted molar refractivity (Wildman–Crippen MR) is 101 cm³/mol. The van der Waals surface area contributed by atoms with Crippen LogP contribution in [0.3, 0.4) is 0 Å². The molecule has 9 heteroatoms. The molecular formula is C19H25N3O6. The second kappa shape index (κ2) is 7.67. The Hall–Kier alpha value is -2.81. The van der Waals surface area contributed by atoms with Crippen LogP contribution in [0, 0.1) is 5.41 Å². The number of alkyl carbamates (subject to hydrolysis) is 1. The van der Waals surface area contributed by atoms with Gasteiger partial charge in [0.1, 0.15) is 12.6 Å². The molecule has 2 atom stereocenters. The average Bonchev–Trinajstić information content (AvgIpc) is 2.98. The van der Waals surface area contributed by atoms with Gasteiger partial charge < -0.3 is 24.4 Å². The second-order valence-corrected chi connectivity index (χ2v) is 7.70. The maximum absolute atomic E-state index is 12.6. The van der Waals surface area contributed by atoms with Crippen molar-refractivity contribution in [1.82, 2.24) is 5.32 Å². The van der Waals surface area contributed by atoms with E-state index in [1.165, 1.54) is 11.9 Å². The monoisotopic (exact) mass is 391 g/mol. The molecule has 0 saturated carbocycles. The molecule has 152 valence electrons. The summed E-state index contributed by atoms with van der Waals surface area (Å²) in [5, 5.41) is 2.36. The van der Waals surface area contributed by atoms with Gasteiger partial charge in [-0.3, -0.25) is 9.69 Å². The Labute approximate surface area is 163 Å². The van der Waals surface area contributed by atoms with E-state index in [2.05, 4.69) is 5.32 Å². The van der Waals surface area contributed by atoms with E-state index in [-0.39, 0.29) is 12.5 Å². The molecule has 28 heavy (non-hydrogen) atoms. The van der Waals surface area contributed by atoms with Crippen molar-refractivity contribution in [3.63, 3.8) is 0 Å². The Morgan fingerprint density at radius 1 is 1.18 bits per heavy atom. The molecule has 0 aromatic heterocycles. The zero-order valence-corrected chi connectivity index (χ0v) is 16.4. The molecule has 2 aliphatic heterocycles. The van der Waals surface area contributed by atoms with Gasteiger partial charge in [-0.05, 0) is 29.7 Å². The Balaban J connectivity index is 1.86. The van der Waals surface area contributed by atoms with Crippen molar-refractivity contribution in [3.8, 4) is 0 Å². The quantitative estimate of drug-likeness (QED) is 0.848. The summed E-state index contributed by atoms with van der Waals surface area (Å²) >= 11 is 0. The normalized spacial score (nSPS) is 22.9. The topological polar surface area (TPSA) is 97.4 Å². The highest BCUT2D eigenvalue weighted by Crippen LogP contribution is 2.38. The molecule has 2 fully saturated rings. The molecule has 1 aromatic carbocycles. The van der Waals surface area contributed by atoms with Crippen LogP contribution in [0.5, 0.6) is 0 Å². The summed E-state index contributed by atoms with van der Waals surface area (Å²) in [6.45, 7) is 6.84. The highest BCUT2D eigenvalue weighted by molar-refractivity contribution is 5.96. The smallest absolute Gasteiger partial charge is 0.407 e. The molecule has 9 nitrogen and oxygen atoms in total.